The van der Waals surface area contributed by atoms with Crippen LogP contribution in [0.15, 0.2) is 9.59 Å². The monoisotopic (exact) mass is 300 g/mol. The van der Waals surface area contributed by atoms with Crippen molar-refractivity contribution < 1.29 is 4.74 Å². The van der Waals surface area contributed by atoms with Crippen LogP contribution in [0.4, 0.5) is 0 Å². The van der Waals surface area contributed by atoms with Crippen molar-refractivity contribution in [1.29, 1.82) is 0 Å². The second-order valence-corrected chi connectivity index (χ2v) is 5.89. The van der Waals surface area contributed by atoms with Crippen LogP contribution in [0.2, 0.25) is 5.15 Å². The van der Waals surface area contributed by atoms with Gasteiger partial charge in [0.05, 0.1) is 24.8 Å². The van der Waals surface area contributed by atoms with Crippen LogP contribution < -0.4 is 11.2 Å². The molecule has 0 aliphatic heterocycles. The lowest BCUT2D eigenvalue weighted by molar-refractivity contribution is 0.0715. The van der Waals surface area contributed by atoms with Gasteiger partial charge in [0.25, 0.3) is 5.56 Å². The van der Waals surface area contributed by atoms with Crippen LogP contribution >= 0.6 is 11.6 Å². The Bertz CT molecular complexity index is 571. The molecule has 20 heavy (non-hydrogen) atoms. The van der Waals surface area contributed by atoms with Gasteiger partial charge in [-0.1, -0.05) is 24.4 Å². The van der Waals surface area contributed by atoms with Gasteiger partial charge in [0.15, 0.2) is 0 Å². The minimum Gasteiger partial charge on any atom is -0.377 e. The molecular weight excluding hydrogens is 280 g/mol. The summed E-state index contributed by atoms with van der Waals surface area (Å²) < 4.78 is 6.60. The van der Waals surface area contributed by atoms with Crippen LogP contribution in [-0.4, -0.2) is 22.3 Å². The van der Waals surface area contributed by atoms with Crippen LogP contribution in [0, 0.1) is 0 Å². The van der Waals surface area contributed by atoms with E-state index in [1.54, 1.807) is 0 Å². The molecular formula is C14H21ClN2O3. The summed E-state index contributed by atoms with van der Waals surface area (Å²) in [4.78, 5) is 26.9. The third kappa shape index (κ3) is 3.33. The van der Waals surface area contributed by atoms with Gasteiger partial charge in [-0.15, -0.1) is 0 Å². The molecule has 0 saturated heterocycles. The smallest absolute Gasteiger partial charge is 0.329 e. The summed E-state index contributed by atoms with van der Waals surface area (Å²) in [6, 6.07) is 0. The molecule has 112 valence electrons. The molecule has 1 heterocycles. The molecule has 6 heteroatoms. The minimum absolute atomic E-state index is 0.0754. The maximum absolute atomic E-state index is 12.5. The number of aromatic nitrogens is 2. The average Bonchev–Trinajstić information content (AvgIpc) is 2.86. The fraction of sp³-hybridized carbons (Fsp3) is 0.714. The standard InChI is InChI=1S/C14H21ClN2O3/c1-9(2)20-8-7-17-13(18)11(10-5-3-4-6-10)12(15)16-14(17)19/h9-10H,3-8H2,1-2H3,(H,16,19). The number of nitrogens with zero attached hydrogens (tertiary/aromatic N) is 1. The molecule has 0 bridgehead atoms. The first-order valence-electron chi connectivity index (χ1n) is 7.14. The van der Waals surface area contributed by atoms with E-state index in [-0.39, 0.29) is 29.3 Å². The van der Waals surface area contributed by atoms with E-state index in [9.17, 15) is 9.59 Å². The number of halogens is 1. The van der Waals surface area contributed by atoms with Gasteiger partial charge in [0, 0.05) is 0 Å². The zero-order chi connectivity index (χ0) is 14.7. The highest BCUT2D eigenvalue weighted by atomic mass is 35.5. The van der Waals surface area contributed by atoms with Crippen molar-refractivity contribution in [2.24, 2.45) is 0 Å². The molecule has 1 aliphatic carbocycles. The molecule has 0 atom stereocenters. The lowest BCUT2D eigenvalue weighted by Crippen LogP contribution is -2.39. The number of H-pyrrole nitrogens is 1. The zero-order valence-corrected chi connectivity index (χ0v) is 12.7. The Hall–Kier alpha value is -1.07. The van der Waals surface area contributed by atoms with Crippen LogP contribution in [0.25, 0.3) is 0 Å². The summed E-state index contributed by atoms with van der Waals surface area (Å²) in [7, 11) is 0. The van der Waals surface area contributed by atoms with E-state index in [4.69, 9.17) is 16.3 Å². The third-order valence-corrected chi connectivity index (χ3v) is 4.00. The lowest BCUT2D eigenvalue weighted by atomic mass is 10.0. The van der Waals surface area contributed by atoms with E-state index >= 15 is 0 Å². The van der Waals surface area contributed by atoms with Crippen molar-refractivity contribution in [3.8, 4) is 0 Å². The van der Waals surface area contributed by atoms with Crippen molar-refractivity contribution in [2.45, 2.75) is 58.1 Å². The van der Waals surface area contributed by atoms with Gasteiger partial charge in [-0.05, 0) is 32.6 Å². The van der Waals surface area contributed by atoms with Crippen molar-refractivity contribution >= 4 is 11.6 Å². The first-order valence-corrected chi connectivity index (χ1v) is 7.52. The number of ether oxygens (including phenoxy) is 1. The van der Waals surface area contributed by atoms with Crippen molar-refractivity contribution in [1.82, 2.24) is 9.55 Å². The summed E-state index contributed by atoms with van der Waals surface area (Å²) in [5.74, 6) is 0.170. The Morgan fingerprint density at radius 2 is 2.00 bits per heavy atom. The van der Waals surface area contributed by atoms with Gasteiger partial charge in [-0.2, -0.15) is 0 Å². The van der Waals surface area contributed by atoms with Gasteiger partial charge in [0.2, 0.25) is 0 Å². The number of nitrogens with one attached hydrogen (secondary N) is 1. The van der Waals surface area contributed by atoms with E-state index < -0.39 is 5.69 Å². The summed E-state index contributed by atoms with van der Waals surface area (Å²) >= 11 is 6.07. The molecule has 0 unspecified atom stereocenters. The zero-order valence-electron chi connectivity index (χ0n) is 11.9. The Morgan fingerprint density at radius 3 is 2.60 bits per heavy atom. The Balaban J connectivity index is 2.29. The second kappa shape index (κ2) is 6.59. The molecule has 0 radical (unpaired) electrons. The Labute approximate surface area is 122 Å². The molecule has 1 saturated carbocycles. The van der Waals surface area contributed by atoms with Crippen LogP contribution in [0.3, 0.4) is 0 Å². The molecule has 1 aromatic rings. The molecule has 2 rings (SSSR count). The molecule has 0 amide bonds. The first-order chi connectivity index (χ1) is 9.50. The number of hydrogen-bond donors (Lipinski definition) is 1. The highest BCUT2D eigenvalue weighted by molar-refractivity contribution is 6.30. The molecule has 1 N–H and O–H groups in total. The second-order valence-electron chi connectivity index (χ2n) is 5.52. The largest absolute Gasteiger partial charge is 0.377 e. The fourth-order valence-electron chi connectivity index (χ4n) is 2.71. The Kier molecular flexibility index (Phi) is 5.05. The summed E-state index contributed by atoms with van der Waals surface area (Å²) in [6.07, 6.45) is 4.21. The predicted molar refractivity (Wildman–Crippen MR) is 78.6 cm³/mol. The average molecular weight is 301 g/mol. The number of aromatic amines is 1. The normalized spacial score (nSPS) is 16.2. The van der Waals surface area contributed by atoms with Crippen molar-refractivity contribution in [3.63, 3.8) is 0 Å². The molecule has 1 aromatic heterocycles. The molecule has 0 aromatic carbocycles. The van der Waals surface area contributed by atoms with E-state index in [1.165, 1.54) is 4.57 Å². The predicted octanol–water partition coefficient (Wildman–Crippen LogP) is 2.27. The SMILES string of the molecule is CC(C)OCCn1c(=O)[nH]c(Cl)c(C2CCCC2)c1=O. The highest BCUT2D eigenvalue weighted by Crippen LogP contribution is 2.34. The summed E-state index contributed by atoms with van der Waals surface area (Å²) in [6.45, 7) is 4.42. The molecule has 0 spiro atoms. The number of hydrogen-bond acceptors (Lipinski definition) is 3. The van der Waals surface area contributed by atoms with Gasteiger partial charge in [-0.25, -0.2) is 4.79 Å². The maximum Gasteiger partial charge on any atom is 0.329 e. The van der Waals surface area contributed by atoms with E-state index in [0.29, 0.717) is 12.2 Å². The molecule has 1 aliphatic rings. The Morgan fingerprint density at radius 1 is 1.35 bits per heavy atom. The van der Waals surface area contributed by atoms with Gasteiger partial charge >= 0.3 is 5.69 Å². The van der Waals surface area contributed by atoms with E-state index in [2.05, 4.69) is 4.98 Å². The van der Waals surface area contributed by atoms with Gasteiger partial charge in [-0.3, -0.25) is 14.3 Å². The van der Waals surface area contributed by atoms with Gasteiger partial charge < -0.3 is 4.74 Å². The number of rotatable bonds is 5. The van der Waals surface area contributed by atoms with Crippen molar-refractivity contribution in [3.05, 3.63) is 31.6 Å². The summed E-state index contributed by atoms with van der Waals surface area (Å²) in [5, 5.41) is 0.202. The van der Waals surface area contributed by atoms with Crippen LogP contribution in [0.1, 0.15) is 51.0 Å². The fourth-order valence-corrected chi connectivity index (χ4v) is 3.03. The summed E-state index contributed by atoms with van der Waals surface area (Å²) in [5.41, 5.74) is -0.166. The topological polar surface area (TPSA) is 64.1 Å². The quantitative estimate of drug-likeness (QED) is 0.849. The van der Waals surface area contributed by atoms with E-state index in [1.807, 2.05) is 13.8 Å². The lowest BCUT2D eigenvalue weighted by Gasteiger charge is -2.14. The van der Waals surface area contributed by atoms with Crippen LogP contribution in [-0.2, 0) is 11.3 Å². The molecule has 5 nitrogen and oxygen atoms in total. The van der Waals surface area contributed by atoms with Crippen LogP contribution in [0.5, 0.6) is 0 Å². The van der Waals surface area contributed by atoms with Crippen molar-refractivity contribution in [2.75, 3.05) is 6.61 Å². The first kappa shape index (κ1) is 15.3. The molecule has 1 fully saturated rings. The van der Waals surface area contributed by atoms with E-state index in [0.717, 1.165) is 25.7 Å². The maximum atomic E-state index is 12.5. The third-order valence-electron chi connectivity index (χ3n) is 3.70. The minimum atomic E-state index is -0.464. The van der Waals surface area contributed by atoms with Gasteiger partial charge in [0.1, 0.15) is 5.15 Å². The highest BCUT2D eigenvalue weighted by Gasteiger charge is 2.24.